The zero-order valence-electron chi connectivity index (χ0n) is 15.5. The van der Waals surface area contributed by atoms with E-state index in [0.717, 1.165) is 11.1 Å². The number of nitrogens with one attached hydrogen (secondary N) is 1. The summed E-state index contributed by atoms with van der Waals surface area (Å²) in [7, 11) is 1.55. The first kappa shape index (κ1) is 21.2. The second-order valence-electron chi connectivity index (χ2n) is 5.81. The van der Waals surface area contributed by atoms with Gasteiger partial charge in [-0.2, -0.15) is 5.10 Å². The van der Waals surface area contributed by atoms with Crippen molar-refractivity contribution in [2.45, 2.75) is 19.2 Å². The molecule has 0 fully saturated rings. The Hall–Kier alpha value is -3.07. The molecule has 0 aliphatic heterocycles. The molecule has 1 aromatic heterocycles. The molecule has 0 spiro atoms. The van der Waals surface area contributed by atoms with Crippen molar-refractivity contribution in [1.82, 2.24) is 9.99 Å². The Morgan fingerprint density at radius 3 is 2.75 bits per heavy atom. The molecule has 1 aromatic carbocycles. The normalized spacial score (nSPS) is 11.1. The number of carbonyl (C=O) groups is 2. The Kier molecular flexibility index (Phi) is 7.82. The number of carboxylic acid groups (broad SMARTS) is 1. The third-order valence-corrected chi connectivity index (χ3v) is 4.71. The van der Waals surface area contributed by atoms with E-state index in [2.05, 4.69) is 10.5 Å². The summed E-state index contributed by atoms with van der Waals surface area (Å²) in [6.07, 6.45) is 1.53. The Labute approximate surface area is 166 Å². The van der Waals surface area contributed by atoms with Gasteiger partial charge in [0, 0.05) is 23.6 Å². The van der Waals surface area contributed by atoms with Gasteiger partial charge in [-0.1, -0.05) is 6.07 Å². The van der Waals surface area contributed by atoms with Gasteiger partial charge in [0.05, 0.1) is 18.6 Å². The molecule has 0 aliphatic rings. The lowest BCUT2D eigenvalue weighted by molar-refractivity contribution is -0.134. The highest BCUT2D eigenvalue weighted by Gasteiger charge is 2.09. The zero-order chi connectivity index (χ0) is 20.5. The molecule has 0 saturated carbocycles. The van der Waals surface area contributed by atoms with Gasteiger partial charge >= 0.3 is 5.97 Å². The van der Waals surface area contributed by atoms with E-state index in [1.807, 2.05) is 6.07 Å². The Morgan fingerprint density at radius 1 is 1.29 bits per heavy atom. The summed E-state index contributed by atoms with van der Waals surface area (Å²) in [5.41, 5.74) is 4.35. The van der Waals surface area contributed by atoms with Crippen molar-refractivity contribution in [3.05, 3.63) is 64.1 Å². The number of thioether (sulfide) groups is 1. The van der Waals surface area contributed by atoms with E-state index in [0.29, 0.717) is 17.2 Å². The number of carboxylic acids is 1. The van der Waals surface area contributed by atoms with Gasteiger partial charge in [-0.25, -0.2) is 5.43 Å². The minimum absolute atomic E-state index is 0.00460. The van der Waals surface area contributed by atoms with Gasteiger partial charge in [0.25, 0.3) is 11.5 Å². The predicted octanol–water partition coefficient (Wildman–Crippen LogP) is 1.72. The largest absolute Gasteiger partial charge is 0.496 e. The van der Waals surface area contributed by atoms with Crippen molar-refractivity contribution >= 4 is 29.4 Å². The van der Waals surface area contributed by atoms with Crippen LogP contribution in [0.5, 0.6) is 5.75 Å². The molecule has 148 valence electrons. The van der Waals surface area contributed by atoms with Crippen molar-refractivity contribution in [3.63, 3.8) is 0 Å². The number of pyridine rings is 1. The number of ether oxygens (including phenoxy) is 1. The number of aliphatic carboxylic acids is 1. The van der Waals surface area contributed by atoms with E-state index in [4.69, 9.17) is 9.84 Å². The molecule has 2 aromatic rings. The summed E-state index contributed by atoms with van der Waals surface area (Å²) in [6, 6.07) is 10.1. The maximum absolute atomic E-state index is 12.0. The molecule has 0 radical (unpaired) electrons. The number of nitrogens with zero attached hydrogens (tertiary/aromatic N) is 2. The van der Waals surface area contributed by atoms with Crippen LogP contribution in [0.2, 0.25) is 0 Å². The first-order valence-corrected chi connectivity index (χ1v) is 9.51. The lowest BCUT2D eigenvalue weighted by Gasteiger charge is -2.10. The van der Waals surface area contributed by atoms with Crippen LogP contribution in [0.4, 0.5) is 0 Å². The third kappa shape index (κ3) is 6.27. The van der Waals surface area contributed by atoms with Gasteiger partial charge in [-0.3, -0.25) is 14.4 Å². The van der Waals surface area contributed by atoms with E-state index in [9.17, 15) is 14.4 Å². The summed E-state index contributed by atoms with van der Waals surface area (Å²) < 4.78 is 6.59. The number of carbonyl (C=O) groups excluding carboxylic acids is 1. The average Bonchev–Trinajstić information content (AvgIpc) is 2.67. The van der Waals surface area contributed by atoms with Crippen LogP contribution >= 0.6 is 11.8 Å². The van der Waals surface area contributed by atoms with E-state index in [-0.39, 0.29) is 17.9 Å². The molecular weight excluding hydrogens is 382 g/mol. The van der Waals surface area contributed by atoms with Crippen molar-refractivity contribution in [2.24, 2.45) is 5.10 Å². The van der Waals surface area contributed by atoms with E-state index in [1.165, 1.54) is 28.6 Å². The van der Waals surface area contributed by atoms with Gasteiger partial charge in [0.2, 0.25) is 0 Å². The van der Waals surface area contributed by atoms with Crippen molar-refractivity contribution in [1.29, 1.82) is 0 Å². The fraction of sp³-hybridized carbons (Fsp3) is 0.263. The minimum Gasteiger partial charge on any atom is -0.496 e. The molecule has 0 unspecified atom stereocenters. The van der Waals surface area contributed by atoms with E-state index >= 15 is 0 Å². The number of benzene rings is 1. The topological polar surface area (TPSA) is 110 Å². The summed E-state index contributed by atoms with van der Waals surface area (Å²) in [4.78, 5) is 34.3. The first-order valence-electron chi connectivity index (χ1n) is 8.36. The van der Waals surface area contributed by atoms with Crippen LogP contribution in [0.3, 0.4) is 0 Å². The predicted molar refractivity (Wildman–Crippen MR) is 108 cm³/mol. The maximum Gasteiger partial charge on any atom is 0.313 e. The molecule has 0 aliphatic carbocycles. The Bertz CT molecular complexity index is 939. The van der Waals surface area contributed by atoms with Gasteiger partial charge in [0.15, 0.2) is 0 Å². The number of rotatable bonds is 9. The van der Waals surface area contributed by atoms with E-state index < -0.39 is 11.9 Å². The summed E-state index contributed by atoms with van der Waals surface area (Å²) in [5, 5.41) is 12.9. The number of amides is 1. The minimum atomic E-state index is -0.877. The SMILES string of the molecule is COc1ccc(/C(C)=N\NC(=O)Cn2ccccc2=O)cc1CSCC(=O)O. The van der Waals surface area contributed by atoms with Crippen molar-refractivity contribution in [2.75, 3.05) is 12.9 Å². The van der Waals surface area contributed by atoms with Crippen LogP contribution < -0.4 is 15.7 Å². The highest BCUT2D eigenvalue weighted by molar-refractivity contribution is 7.99. The summed E-state index contributed by atoms with van der Waals surface area (Å²) >= 11 is 1.26. The Morgan fingerprint density at radius 2 is 2.07 bits per heavy atom. The molecule has 8 nitrogen and oxygen atoms in total. The monoisotopic (exact) mass is 403 g/mol. The van der Waals surface area contributed by atoms with Crippen LogP contribution in [0.25, 0.3) is 0 Å². The highest BCUT2D eigenvalue weighted by Crippen LogP contribution is 2.25. The molecule has 9 heteroatoms. The molecular formula is C19H21N3O5S. The summed E-state index contributed by atoms with van der Waals surface area (Å²) in [6.45, 7) is 1.61. The van der Waals surface area contributed by atoms with Crippen molar-refractivity contribution < 1.29 is 19.4 Å². The number of hydrogen-bond donors (Lipinski definition) is 2. The fourth-order valence-electron chi connectivity index (χ4n) is 2.36. The number of methoxy groups -OCH3 is 1. The van der Waals surface area contributed by atoms with Crippen LogP contribution in [-0.2, 0) is 21.9 Å². The molecule has 1 amide bonds. The van der Waals surface area contributed by atoms with Gasteiger partial charge in [0.1, 0.15) is 12.3 Å². The first-order chi connectivity index (χ1) is 13.4. The van der Waals surface area contributed by atoms with Crippen LogP contribution in [0.15, 0.2) is 52.5 Å². The Balaban J connectivity index is 2.06. The maximum atomic E-state index is 12.0. The average molecular weight is 403 g/mol. The molecule has 2 rings (SSSR count). The summed E-state index contributed by atoms with van der Waals surface area (Å²) in [5.74, 6) is -0.173. The highest BCUT2D eigenvalue weighted by atomic mass is 32.2. The van der Waals surface area contributed by atoms with E-state index in [1.54, 1.807) is 38.3 Å². The molecule has 0 bridgehead atoms. The lowest BCUT2D eigenvalue weighted by atomic mass is 10.1. The van der Waals surface area contributed by atoms with Crippen molar-refractivity contribution in [3.8, 4) is 5.75 Å². The van der Waals surface area contributed by atoms with Gasteiger partial charge in [-0.05, 0) is 36.8 Å². The second-order valence-corrected chi connectivity index (χ2v) is 6.80. The standard InChI is InChI=1S/C19H21N3O5S/c1-13(20-21-17(23)10-22-8-4-3-5-18(22)24)14-6-7-16(27-2)15(9-14)11-28-12-19(25)26/h3-9H,10-12H2,1-2H3,(H,21,23)(H,25,26)/b20-13-. The fourth-order valence-corrected chi connectivity index (χ4v) is 3.08. The van der Waals surface area contributed by atoms with Crippen LogP contribution in [0.1, 0.15) is 18.1 Å². The lowest BCUT2D eigenvalue weighted by Crippen LogP contribution is -2.29. The smallest absolute Gasteiger partial charge is 0.313 e. The van der Waals surface area contributed by atoms with Crippen LogP contribution in [0, 0.1) is 0 Å². The van der Waals surface area contributed by atoms with Gasteiger partial charge in [-0.15, -0.1) is 11.8 Å². The van der Waals surface area contributed by atoms with Gasteiger partial charge < -0.3 is 14.4 Å². The molecule has 1 heterocycles. The molecule has 28 heavy (non-hydrogen) atoms. The number of hydrogen-bond acceptors (Lipinski definition) is 6. The quantitative estimate of drug-likeness (QED) is 0.487. The zero-order valence-corrected chi connectivity index (χ0v) is 16.4. The third-order valence-electron chi connectivity index (χ3n) is 3.74. The molecule has 2 N–H and O–H groups in total. The molecule has 0 atom stereocenters. The second kappa shape index (κ2) is 10.3. The molecule has 0 saturated heterocycles. The number of hydrazone groups is 1. The van der Waals surface area contributed by atoms with Crippen LogP contribution in [-0.4, -0.2) is 40.1 Å². The number of aromatic nitrogens is 1.